The second-order valence-electron chi connectivity index (χ2n) is 3.52. The molecular weight excluding hydrogens is 160 g/mol. The second-order valence-corrected chi connectivity index (χ2v) is 3.52. The quantitative estimate of drug-likeness (QED) is 0.637. The highest BCUT2D eigenvalue weighted by Crippen LogP contribution is 2.09. The minimum absolute atomic E-state index is 0.862. The predicted molar refractivity (Wildman–Crippen MR) is 57.3 cm³/mol. The number of hydrogen-bond donors (Lipinski definition) is 1. The van der Waals surface area contributed by atoms with Crippen LogP contribution < -0.4 is 10.4 Å². The van der Waals surface area contributed by atoms with Crippen LogP contribution in [0.5, 0.6) is 0 Å². The number of aliphatic hydroxyl groups excluding tert-OH is 1. The molecule has 0 amide bonds. The minimum Gasteiger partial charge on any atom is -0.515 e. The Hall–Kier alpha value is -1.24. The fourth-order valence-electron chi connectivity index (χ4n) is 1.59. The summed E-state index contributed by atoms with van der Waals surface area (Å²) in [4.78, 5) is 0. The van der Waals surface area contributed by atoms with E-state index in [9.17, 15) is 0 Å². The first kappa shape index (κ1) is 9.85. The molecule has 0 bridgehead atoms. The van der Waals surface area contributed by atoms with Gasteiger partial charge in [0, 0.05) is 5.22 Å². The highest BCUT2D eigenvalue weighted by atomic mass is 16.2. The maximum atomic E-state index is 9.07. The highest BCUT2D eigenvalue weighted by Gasteiger charge is 2.03. The third kappa shape index (κ3) is 1.35. The van der Waals surface area contributed by atoms with Crippen LogP contribution in [-0.2, 0) is 0 Å². The van der Waals surface area contributed by atoms with Crippen molar-refractivity contribution in [1.82, 2.24) is 0 Å². The van der Waals surface area contributed by atoms with E-state index < -0.39 is 0 Å². The summed E-state index contributed by atoms with van der Waals surface area (Å²) in [6, 6.07) is 0. The molecule has 70 valence electrons. The first-order chi connectivity index (χ1) is 6.00. The number of aliphatic hydroxyl groups is 1. The molecule has 0 aliphatic rings. The minimum atomic E-state index is 0.862. The van der Waals surface area contributed by atoms with E-state index in [0.717, 1.165) is 22.3 Å². The van der Waals surface area contributed by atoms with Gasteiger partial charge in [0.2, 0.25) is 0 Å². The van der Waals surface area contributed by atoms with Crippen LogP contribution in [0.2, 0.25) is 0 Å². The summed E-state index contributed by atoms with van der Waals surface area (Å²) in [6.07, 6.45) is 1.15. The molecule has 1 aromatic carbocycles. The Kier molecular flexibility index (Phi) is 2.46. The van der Waals surface area contributed by atoms with Gasteiger partial charge in [0.25, 0.3) is 0 Å². The van der Waals surface area contributed by atoms with Gasteiger partial charge in [0.05, 0.1) is 6.26 Å². The van der Waals surface area contributed by atoms with E-state index in [0.29, 0.717) is 0 Å². The van der Waals surface area contributed by atoms with Crippen molar-refractivity contribution in [3.8, 4) is 0 Å². The summed E-state index contributed by atoms with van der Waals surface area (Å²) in [7, 11) is 0. The summed E-state index contributed by atoms with van der Waals surface area (Å²) in [5, 5.41) is 10.9. The monoisotopic (exact) mass is 176 g/mol. The van der Waals surface area contributed by atoms with Crippen molar-refractivity contribution in [2.24, 2.45) is 0 Å². The molecule has 0 spiro atoms. The Bertz CT molecular complexity index is 441. The summed E-state index contributed by atoms with van der Waals surface area (Å²) in [5.74, 6) is 0. The van der Waals surface area contributed by atoms with Crippen molar-refractivity contribution >= 4 is 12.8 Å². The molecule has 1 rings (SSSR count). The van der Waals surface area contributed by atoms with E-state index in [1.165, 1.54) is 16.7 Å². The van der Waals surface area contributed by atoms with E-state index >= 15 is 0 Å². The molecule has 0 unspecified atom stereocenters. The molecule has 1 N–H and O–H groups in total. The predicted octanol–water partition coefficient (Wildman–Crippen LogP) is 1.63. The third-order valence-electron chi connectivity index (χ3n) is 3.00. The van der Waals surface area contributed by atoms with Crippen LogP contribution in [0.15, 0.2) is 0 Å². The van der Waals surface area contributed by atoms with Crippen LogP contribution in [0.1, 0.15) is 22.3 Å². The van der Waals surface area contributed by atoms with Gasteiger partial charge in [0.15, 0.2) is 0 Å². The van der Waals surface area contributed by atoms with Gasteiger partial charge in [-0.3, -0.25) is 0 Å². The van der Waals surface area contributed by atoms with Crippen molar-refractivity contribution in [3.63, 3.8) is 0 Å². The average Bonchev–Trinajstić information content (AvgIpc) is 2.13. The van der Waals surface area contributed by atoms with Gasteiger partial charge in [-0.2, -0.15) is 0 Å². The average molecular weight is 176 g/mol. The van der Waals surface area contributed by atoms with E-state index in [-0.39, 0.29) is 0 Å². The molecule has 0 heterocycles. The van der Waals surface area contributed by atoms with Crippen LogP contribution in [0.4, 0.5) is 0 Å². The lowest BCUT2D eigenvalue weighted by molar-refractivity contribution is 0.539. The molecule has 13 heavy (non-hydrogen) atoms. The van der Waals surface area contributed by atoms with Gasteiger partial charge in [-0.15, -0.1) is 0 Å². The summed E-state index contributed by atoms with van der Waals surface area (Å²) in [6.45, 7) is 12.2. The Morgan fingerprint density at radius 3 is 1.85 bits per heavy atom. The fraction of sp³-hybridized carbons (Fsp3) is 0.333. The Labute approximate surface area is 79.0 Å². The van der Waals surface area contributed by atoms with E-state index in [1.807, 2.05) is 13.8 Å². The maximum Gasteiger partial charge on any atom is 0.0872 e. The SMILES string of the molecule is C=c1c(C)c(C)c(C)c(C)/c1=C\O. The van der Waals surface area contributed by atoms with E-state index in [4.69, 9.17) is 5.11 Å². The molecular formula is C12H16O. The Morgan fingerprint density at radius 2 is 1.38 bits per heavy atom. The zero-order chi connectivity index (χ0) is 10.2. The van der Waals surface area contributed by atoms with Crippen LogP contribution in [0, 0.1) is 27.7 Å². The van der Waals surface area contributed by atoms with Gasteiger partial charge in [0.1, 0.15) is 0 Å². The number of rotatable bonds is 0. The molecule has 0 aromatic heterocycles. The van der Waals surface area contributed by atoms with Gasteiger partial charge in [-0.1, -0.05) is 6.58 Å². The van der Waals surface area contributed by atoms with Crippen molar-refractivity contribution < 1.29 is 5.11 Å². The normalized spacial score (nSPS) is 12.2. The zero-order valence-electron chi connectivity index (χ0n) is 8.73. The largest absolute Gasteiger partial charge is 0.515 e. The summed E-state index contributed by atoms with van der Waals surface area (Å²) in [5.41, 5.74) is 4.80. The lowest BCUT2D eigenvalue weighted by Gasteiger charge is -2.09. The van der Waals surface area contributed by atoms with Crippen LogP contribution in [-0.4, -0.2) is 5.11 Å². The summed E-state index contributed by atoms with van der Waals surface area (Å²) < 4.78 is 0. The number of benzene rings is 1. The van der Waals surface area contributed by atoms with Crippen molar-refractivity contribution in [3.05, 3.63) is 32.7 Å². The first-order valence-corrected chi connectivity index (χ1v) is 4.40. The van der Waals surface area contributed by atoms with Gasteiger partial charge in [-0.25, -0.2) is 0 Å². The Balaban J connectivity index is 3.90. The molecule has 1 nitrogen and oxygen atoms in total. The second kappa shape index (κ2) is 3.25. The van der Waals surface area contributed by atoms with Gasteiger partial charge < -0.3 is 5.11 Å². The topological polar surface area (TPSA) is 20.2 Å². The van der Waals surface area contributed by atoms with Crippen LogP contribution in [0.25, 0.3) is 12.8 Å². The molecule has 0 saturated carbocycles. The van der Waals surface area contributed by atoms with Gasteiger partial charge in [-0.05, 0) is 55.2 Å². The summed E-state index contributed by atoms with van der Waals surface area (Å²) >= 11 is 0. The molecule has 0 radical (unpaired) electrons. The molecule has 1 aromatic rings. The Morgan fingerprint density at radius 1 is 0.923 bits per heavy atom. The van der Waals surface area contributed by atoms with Crippen LogP contribution in [0.3, 0.4) is 0 Å². The zero-order valence-corrected chi connectivity index (χ0v) is 8.73. The van der Waals surface area contributed by atoms with Crippen molar-refractivity contribution in [2.45, 2.75) is 27.7 Å². The molecule has 0 saturated heterocycles. The van der Waals surface area contributed by atoms with Crippen LogP contribution >= 0.6 is 0 Å². The van der Waals surface area contributed by atoms with Crippen molar-refractivity contribution in [1.29, 1.82) is 0 Å². The number of hydrogen-bond acceptors (Lipinski definition) is 1. The van der Waals surface area contributed by atoms with E-state index in [1.54, 1.807) is 0 Å². The molecule has 0 aliphatic carbocycles. The fourth-order valence-corrected chi connectivity index (χ4v) is 1.59. The molecule has 0 aliphatic heterocycles. The molecule has 0 fully saturated rings. The highest BCUT2D eigenvalue weighted by molar-refractivity contribution is 5.43. The lowest BCUT2D eigenvalue weighted by atomic mass is 9.96. The van der Waals surface area contributed by atoms with Crippen molar-refractivity contribution in [2.75, 3.05) is 0 Å². The maximum absolute atomic E-state index is 9.07. The molecule has 1 heteroatoms. The first-order valence-electron chi connectivity index (χ1n) is 4.40. The molecule has 0 atom stereocenters. The van der Waals surface area contributed by atoms with E-state index in [2.05, 4.69) is 20.4 Å². The third-order valence-corrected chi connectivity index (χ3v) is 3.00. The van der Waals surface area contributed by atoms with Gasteiger partial charge >= 0.3 is 0 Å². The standard InChI is InChI=1S/C12H16O/c1-7-8(2)10(4)12(6-13)11(5)9(7)3/h6,13H,4H2,1-3,5H3/b12-6-. The smallest absolute Gasteiger partial charge is 0.0872 e. The lowest BCUT2D eigenvalue weighted by Crippen LogP contribution is -2.30.